The van der Waals surface area contributed by atoms with Gasteiger partial charge >= 0.3 is 0 Å². The lowest BCUT2D eigenvalue weighted by atomic mass is 9.98. The summed E-state index contributed by atoms with van der Waals surface area (Å²) in [4.78, 5) is 23.7. The van der Waals surface area contributed by atoms with E-state index in [4.69, 9.17) is 4.74 Å². The van der Waals surface area contributed by atoms with Gasteiger partial charge in [0, 0.05) is 51.7 Å². The summed E-state index contributed by atoms with van der Waals surface area (Å²) in [5.74, 6) is 1.52. The van der Waals surface area contributed by atoms with E-state index >= 15 is 0 Å². The maximum atomic E-state index is 12.6. The van der Waals surface area contributed by atoms with Crippen LogP contribution in [0.2, 0.25) is 0 Å². The lowest BCUT2D eigenvalue weighted by molar-refractivity contribution is 0.0353. The molecule has 6 nitrogen and oxygen atoms in total. The average molecular weight is 330 g/mol. The third kappa shape index (κ3) is 3.26. The largest absolute Gasteiger partial charge is 0.492 e. The zero-order chi connectivity index (χ0) is 16.5. The average Bonchev–Trinajstić information content (AvgIpc) is 2.58. The Morgan fingerprint density at radius 2 is 2.08 bits per heavy atom. The van der Waals surface area contributed by atoms with E-state index in [2.05, 4.69) is 21.8 Å². The van der Waals surface area contributed by atoms with Gasteiger partial charge in [-0.05, 0) is 31.5 Å². The van der Waals surface area contributed by atoms with Crippen LogP contribution in [0.3, 0.4) is 0 Å². The second-order valence-electron chi connectivity index (χ2n) is 7.31. The Morgan fingerprint density at radius 3 is 2.88 bits per heavy atom. The SMILES string of the molecule is CN1CCN(CC2CN(C(=O)c3cc4c(cn3)OCCC4)C2)CC1. The first-order valence-electron chi connectivity index (χ1n) is 9.01. The quantitative estimate of drug-likeness (QED) is 0.818. The van der Waals surface area contributed by atoms with Gasteiger partial charge in [-0.15, -0.1) is 0 Å². The molecule has 4 rings (SSSR count). The third-order valence-corrected chi connectivity index (χ3v) is 5.37. The molecule has 0 aromatic carbocycles. The number of aryl methyl sites for hydroxylation is 1. The Morgan fingerprint density at radius 1 is 1.29 bits per heavy atom. The van der Waals surface area contributed by atoms with E-state index in [1.165, 1.54) is 0 Å². The van der Waals surface area contributed by atoms with Gasteiger partial charge < -0.3 is 19.4 Å². The van der Waals surface area contributed by atoms with Crippen molar-refractivity contribution in [2.45, 2.75) is 12.8 Å². The number of aromatic nitrogens is 1. The number of ether oxygens (including phenoxy) is 1. The number of amides is 1. The zero-order valence-corrected chi connectivity index (χ0v) is 14.4. The highest BCUT2D eigenvalue weighted by atomic mass is 16.5. The fourth-order valence-electron chi connectivity index (χ4n) is 3.78. The van der Waals surface area contributed by atoms with Crippen molar-refractivity contribution in [3.63, 3.8) is 0 Å². The van der Waals surface area contributed by atoms with Crippen LogP contribution in [0.1, 0.15) is 22.5 Å². The first-order chi connectivity index (χ1) is 11.7. The van der Waals surface area contributed by atoms with Crippen molar-refractivity contribution in [2.24, 2.45) is 5.92 Å². The van der Waals surface area contributed by atoms with Crippen LogP contribution in [-0.4, -0.2) is 85.1 Å². The molecule has 0 saturated carbocycles. The van der Waals surface area contributed by atoms with Gasteiger partial charge in [-0.25, -0.2) is 4.98 Å². The summed E-state index contributed by atoms with van der Waals surface area (Å²) in [5, 5.41) is 0. The van der Waals surface area contributed by atoms with Gasteiger partial charge in [0.05, 0.1) is 12.8 Å². The van der Waals surface area contributed by atoms with Crippen LogP contribution in [0.25, 0.3) is 0 Å². The van der Waals surface area contributed by atoms with E-state index in [1.54, 1.807) is 6.20 Å². The molecule has 24 heavy (non-hydrogen) atoms. The minimum atomic E-state index is 0.0676. The molecule has 2 saturated heterocycles. The van der Waals surface area contributed by atoms with Crippen LogP contribution in [0.4, 0.5) is 0 Å². The molecule has 1 aromatic heterocycles. The molecule has 3 aliphatic rings. The van der Waals surface area contributed by atoms with Crippen molar-refractivity contribution < 1.29 is 9.53 Å². The molecule has 3 aliphatic heterocycles. The van der Waals surface area contributed by atoms with Crippen LogP contribution >= 0.6 is 0 Å². The minimum Gasteiger partial charge on any atom is -0.492 e. The maximum absolute atomic E-state index is 12.6. The van der Waals surface area contributed by atoms with Crippen molar-refractivity contribution >= 4 is 5.91 Å². The molecule has 2 fully saturated rings. The fourth-order valence-corrected chi connectivity index (χ4v) is 3.78. The van der Waals surface area contributed by atoms with Gasteiger partial charge in [0.1, 0.15) is 11.4 Å². The Balaban J connectivity index is 1.29. The molecular weight excluding hydrogens is 304 g/mol. The standard InChI is InChI=1S/C18H26N4O2/c1-20-4-6-21(7-5-20)11-14-12-22(13-14)18(23)16-9-15-3-2-8-24-17(15)10-19-16/h9-10,14H,2-8,11-13H2,1H3. The van der Waals surface area contributed by atoms with E-state index in [9.17, 15) is 4.79 Å². The van der Waals surface area contributed by atoms with Gasteiger partial charge in [0.2, 0.25) is 0 Å². The van der Waals surface area contributed by atoms with Gasteiger partial charge in [-0.1, -0.05) is 0 Å². The number of likely N-dealkylation sites (N-methyl/N-ethyl adjacent to an activating group) is 1. The summed E-state index contributed by atoms with van der Waals surface area (Å²) in [6.07, 6.45) is 3.70. The third-order valence-electron chi connectivity index (χ3n) is 5.37. The molecular formula is C18H26N4O2. The van der Waals surface area contributed by atoms with Crippen LogP contribution in [0.15, 0.2) is 12.3 Å². The number of carbonyl (C=O) groups is 1. The number of fused-ring (bicyclic) bond motifs is 1. The molecule has 130 valence electrons. The van der Waals surface area contributed by atoms with E-state index in [0.717, 1.165) is 76.6 Å². The summed E-state index contributed by atoms with van der Waals surface area (Å²) < 4.78 is 5.57. The van der Waals surface area contributed by atoms with E-state index in [-0.39, 0.29) is 5.91 Å². The topological polar surface area (TPSA) is 48.9 Å². The minimum absolute atomic E-state index is 0.0676. The number of likely N-dealkylation sites (tertiary alicyclic amines) is 1. The summed E-state index contributed by atoms with van der Waals surface area (Å²) in [6, 6.07) is 1.92. The molecule has 0 bridgehead atoms. The Bertz CT molecular complexity index is 607. The van der Waals surface area contributed by atoms with Crippen molar-refractivity contribution in [2.75, 3.05) is 59.5 Å². The van der Waals surface area contributed by atoms with Crippen molar-refractivity contribution in [1.82, 2.24) is 19.7 Å². The number of carbonyl (C=O) groups excluding carboxylic acids is 1. The number of hydrogen-bond donors (Lipinski definition) is 0. The molecule has 6 heteroatoms. The fraction of sp³-hybridized carbons (Fsp3) is 0.667. The predicted octanol–water partition coefficient (Wildman–Crippen LogP) is 0.726. The molecule has 0 unspecified atom stereocenters. The van der Waals surface area contributed by atoms with E-state index in [1.807, 2.05) is 11.0 Å². The van der Waals surface area contributed by atoms with Crippen molar-refractivity contribution in [1.29, 1.82) is 0 Å². The number of hydrogen-bond acceptors (Lipinski definition) is 5. The molecule has 4 heterocycles. The Labute approximate surface area is 143 Å². The molecule has 1 aromatic rings. The van der Waals surface area contributed by atoms with Gasteiger partial charge in [0.25, 0.3) is 5.91 Å². The van der Waals surface area contributed by atoms with Crippen LogP contribution in [-0.2, 0) is 6.42 Å². The van der Waals surface area contributed by atoms with Crippen molar-refractivity contribution in [3.05, 3.63) is 23.5 Å². The lowest BCUT2D eigenvalue weighted by Gasteiger charge is -2.43. The van der Waals surface area contributed by atoms with Crippen LogP contribution in [0.5, 0.6) is 5.75 Å². The summed E-state index contributed by atoms with van der Waals surface area (Å²) in [6.45, 7) is 8.18. The molecule has 0 aliphatic carbocycles. The lowest BCUT2D eigenvalue weighted by Crippen LogP contribution is -2.56. The van der Waals surface area contributed by atoms with Gasteiger partial charge in [-0.3, -0.25) is 4.79 Å². The number of piperazine rings is 1. The summed E-state index contributed by atoms with van der Waals surface area (Å²) in [7, 11) is 2.18. The molecule has 0 radical (unpaired) electrons. The van der Waals surface area contributed by atoms with Gasteiger partial charge in [-0.2, -0.15) is 0 Å². The smallest absolute Gasteiger partial charge is 0.272 e. The Hall–Kier alpha value is -1.66. The molecule has 0 atom stereocenters. The highest BCUT2D eigenvalue weighted by Crippen LogP contribution is 2.26. The van der Waals surface area contributed by atoms with E-state index in [0.29, 0.717) is 11.6 Å². The number of rotatable bonds is 3. The molecule has 0 spiro atoms. The number of pyridine rings is 1. The van der Waals surface area contributed by atoms with Crippen molar-refractivity contribution in [3.8, 4) is 5.75 Å². The normalized spacial score (nSPS) is 22.6. The second kappa shape index (κ2) is 6.69. The molecule has 0 N–H and O–H groups in total. The first kappa shape index (κ1) is 15.8. The van der Waals surface area contributed by atoms with Crippen LogP contribution < -0.4 is 4.74 Å². The summed E-state index contributed by atoms with van der Waals surface area (Å²) in [5.41, 5.74) is 1.69. The van der Waals surface area contributed by atoms with Gasteiger partial charge in [0.15, 0.2) is 0 Å². The van der Waals surface area contributed by atoms with E-state index < -0.39 is 0 Å². The summed E-state index contributed by atoms with van der Waals surface area (Å²) >= 11 is 0. The highest BCUT2D eigenvalue weighted by Gasteiger charge is 2.33. The van der Waals surface area contributed by atoms with Crippen LogP contribution in [0, 0.1) is 5.92 Å². The number of nitrogens with zero attached hydrogens (tertiary/aromatic N) is 4. The maximum Gasteiger partial charge on any atom is 0.272 e. The molecule has 1 amide bonds. The zero-order valence-electron chi connectivity index (χ0n) is 14.4. The predicted molar refractivity (Wildman–Crippen MR) is 91.4 cm³/mol. The highest BCUT2D eigenvalue weighted by molar-refractivity contribution is 5.93. The first-order valence-corrected chi connectivity index (χ1v) is 9.01. The monoisotopic (exact) mass is 330 g/mol. The Kier molecular flexibility index (Phi) is 4.41. The second-order valence-corrected chi connectivity index (χ2v) is 7.31.